The molecule has 0 aliphatic heterocycles. The van der Waals surface area contributed by atoms with Gasteiger partial charge in [-0.2, -0.15) is 0 Å². The van der Waals surface area contributed by atoms with E-state index in [2.05, 4.69) is 29.1 Å². The molecular weight excluding hydrogens is 212 g/mol. The van der Waals surface area contributed by atoms with Gasteiger partial charge in [0.2, 0.25) is 0 Å². The van der Waals surface area contributed by atoms with Gasteiger partial charge in [-0.25, -0.2) is 9.97 Å². The monoisotopic (exact) mass is 234 g/mol. The summed E-state index contributed by atoms with van der Waals surface area (Å²) in [5.74, 6) is 2.21. The molecule has 17 heavy (non-hydrogen) atoms. The average molecular weight is 234 g/mol. The summed E-state index contributed by atoms with van der Waals surface area (Å²) in [6, 6.07) is 0.481. The Balaban J connectivity index is 2.24. The Morgan fingerprint density at radius 3 is 2.59 bits per heavy atom. The number of rotatable bonds is 2. The molecule has 0 spiro atoms. The van der Waals surface area contributed by atoms with Gasteiger partial charge in [-0.05, 0) is 32.1 Å². The second-order valence-electron chi connectivity index (χ2n) is 5.71. The summed E-state index contributed by atoms with van der Waals surface area (Å²) in [6.45, 7) is 8.47. The number of anilines is 2. The lowest BCUT2D eigenvalue weighted by Crippen LogP contribution is -2.31. The van der Waals surface area contributed by atoms with E-state index in [9.17, 15) is 0 Å². The molecule has 2 rings (SSSR count). The molecule has 94 valence electrons. The van der Waals surface area contributed by atoms with E-state index in [-0.39, 0.29) is 0 Å². The molecular formula is C13H22N4. The van der Waals surface area contributed by atoms with Crippen LogP contribution in [0, 0.1) is 19.3 Å². The van der Waals surface area contributed by atoms with E-state index < -0.39 is 0 Å². The smallest absolute Gasteiger partial charge is 0.134 e. The van der Waals surface area contributed by atoms with Crippen LogP contribution >= 0.6 is 0 Å². The summed E-state index contributed by atoms with van der Waals surface area (Å²) >= 11 is 0. The molecule has 0 amide bonds. The highest BCUT2D eigenvalue weighted by atomic mass is 15.1. The normalized spacial score (nSPS) is 22.7. The van der Waals surface area contributed by atoms with E-state index in [4.69, 9.17) is 5.73 Å². The Bertz CT molecular complexity index is 426. The fourth-order valence-corrected chi connectivity index (χ4v) is 2.55. The second-order valence-corrected chi connectivity index (χ2v) is 5.71. The SMILES string of the molecule is Cc1nc(N)c(C)c(NC2CCCC2(C)C)n1. The Kier molecular flexibility index (Phi) is 2.98. The number of nitrogens with one attached hydrogen (secondary N) is 1. The van der Waals surface area contributed by atoms with Gasteiger partial charge in [0, 0.05) is 11.6 Å². The largest absolute Gasteiger partial charge is 0.383 e. The molecule has 0 saturated heterocycles. The van der Waals surface area contributed by atoms with Gasteiger partial charge in [-0.1, -0.05) is 20.3 Å². The molecule has 1 heterocycles. The van der Waals surface area contributed by atoms with Gasteiger partial charge in [0.25, 0.3) is 0 Å². The number of hydrogen-bond acceptors (Lipinski definition) is 4. The minimum absolute atomic E-state index is 0.333. The topological polar surface area (TPSA) is 63.8 Å². The van der Waals surface area contributed by atoms with Crippen LogP contribution in [0.25, 0.3) is 0 Å². The summed E-state index contributed by atoms with van der Waals surface area (Å²) in [5, 5.41) is 3.55. The maximum atomic E-state index is 5.87. The van der Waals surface area contributed by atoms with Crippen molar-refractivity contribution in [1.82, 2.24) is 9.97 Å². The zero-order chi connectivity index (χ0) is 12.6. The molecule has 1 aromatic rings. The van der Waals surface area contributed by atoms with Gasteiger partial charge in [-0.15, -0.1) is 0 Å². The number of hydrogen-bond donors (Lipinski definition) is 2. The first-order valence-electron chi connectivity index (χ1n) is 6.27. The van der Waals surface area contributed by atoms with Crippen molar-refractivity contribution < 1.29 is 0 Å². The first-order chi connectivity index (χ1) is 7.90. The van der Waals surface area contributed by atoms with Crippen LogP contribution in [0.5, 0.6) is 0 Å². The quantitative estimate of drug-likeness (QED) is 0.825. The van der Waals surface area contributed by atoms with Gasteiger partial charge in [0.05, 0.1) is 0 Å². The number of nitrogens with zero attached hydrogens (tertiary/aromatic N) is 2. The molecule has 1 saturated carbocycles. The third-order valence-electron chi connectivity index (χ3n) is 3.86. The van der Waals surface area contributed by atoms with Crippen LogP contribution in [-0.2, 0) is 0 Å². The second kappa shape index (κ2) is 4.17. The van der Waals surface area contributed by atoms with E-state index in [1.807, 2.05) is 13.8 Å². The fraction of sp³-hybridized carbons (Fsp3) is 0.692. The maximum absolute atomic E-state index is 5.87. The zero-order valence-electron chi connectivity index (χ0n) is 11.2. The molecule has 0 radical (unpaired) electrons. The Morgan fingerprint density at radius 2 is 2.00 bits per heavy atom. The number of aryl methyl sites for hydroxylation is 1. The predicted molar refractivity (Wildman–Crippen MR) is 71.0 cm³/mol. The van der Waals surface area contributed by atoms with Crippen LogP contribution < -0.4 is 11.1 Å². The highest BCUT2D eigenvalue weighted by Crippen LogP contribution is 2.39. The minimum Gasteiger partial charge on any atom is -0.383 e. The van der Waals surface area contributed by atoms with Crippen molar-refractivity contribution >= 4 is 11.6 Å². The van der Waals surface area contributed by atoms with Crippen LogP contribution in [0.3, 0.4) is 0 Å². The lowest BCUT2D eigenvalue weighted by molar-refractivity contribution is 0.349. The molecule has 3 N–H and O–H groups in total. The first kappa shape index (κ1) is 12.1. The molecule has 1 aromatic heterocycles. The highest BCUT2D eigenvalue weighted by molar-refractivity contribution is 5.55. The van der Waals surface area contributed by atoms with Crippen LogP contribution in [-0.4, -0.2) is 16.0 Å². The van der Waals surface area contributed by atoms with Gasteiger partial charge < -0.3 is 11.1 Å². The zero-order valence-corrected chi connectivity index (χ0v) is 11.2. The number of nitrogens with two attached hydrogens (primary N) is 1. The molecule has 4 heteroatoms. The van der Waals surface area contributed by atoms with Crippen LogP contribution in [0.4, 0.5) is 11.6 Å². The minimum atomic E-state index is 0.333. The maximum Gasteiger partial charge on any atom is 0.134 e. The van der Waals surface area contributed by atoms with Gasteiger partial charge in [-0.3, -0.25) is 0 Å². The van der Waals surface area contributed by atoms with Crippen molar-refractivity contribution in [2.45, 2.75) is 53.0 Å². The van der Waals surface area contributed by atoms with E-state index in [1.165, 1.54) is 19.3 Å². The van der Waals surface area contributed by atoms with Crippen molar-refractivity contribution in [3.05, 3.63) is 11.4 Å². The Hall–Kier alpha value is -1.32. The highest BCUT2D eigenvalue weighted by Gasteiger charge is 2.34. The summed E-state index contributed by atoms with van der Waals surface area (Å²) in [7, 11) is 0. The molecule has 1 aliphatic carbocycles. The summed E-state index contributed by atoms with van der Waals surface area (Å²) in [5.41, 5.74) is 7.16. The summed E-state index contributed by atoms with van der Waals surface area (Å²) in [6.07, 6.45) is 3.75. The Labute approximate surface area is 103 Å². The molecule has 1 aliphatic rings. The average Bonchev–Trinajstić information content (AvgIpc) is 2.54. The number of aromatic nitrogens is 2. The molecule has 0 bridgehead atoms. The van der Waals surface area contributed by atoms with Crippen LogP contribution in [0.2, 0.25) is 0 Å². The standard InChI is InChI=1S/C13H22N4/c1-8-11(14)15-9(2)16-12(8)17-10-6-5-7-13(10,3)4/h10H,5-7H2,1-4H3,(H3,14,15,16,17). The molecule has 1 atom stereocenters. The van der Waals surface area contributed by atoms with Gasteiger partial charge in [0.15, 0.2) is 0 Å². The number of nitrogen functional groups attached to an aromatic ring is 1. The van der Waals surface area contributed by atoms with E-state index >= 15 is 0 Å². The predicted octanol–water partition coefficient (Wildman–Crippen LogP) is 2.67. The lowest BCUT2D eigenvalue weighted by Gasteiger charge is -2.29. The Morgan fingerprint density at radius 1 is 1.29 bits per heavy atom. The molecule has 1 unspecified atom stereocenters. The van der Waals surface area contributed by atoms with Gasteiger partial charge >= 0.3 is 0 Å². The fourth-order valence-electron chi connectivity index (χ4n) is 2.55. The van der Waals surface area contributed by atoms with Crippen molar-refractivity contribution in [2.75, 3.05) is 11.1 Å². The van der Waals surface area contributed by atoms with Crippen molar-refractivity contribution in [2.24, 2.45) is 5.41 Å². The summed E-state index contributed by atoms with van der Waals surface area (Å²) in [4.78, 5) is 8.63. The van der Waals surface area contributed by atoms with E-state index in [1.54, 1.807) is 0 Å². The third-order valence-corrected chi connectivity index (χ3v) is 3.86. The van der Waals surface area contributed by atoms with Crippen molar-refractivity contribution in [3.8, 4) is 0 Å². The van der Waals surface area contributed by atoms with Gasteiger partial charge in [0.1, 0.15) is 17.5 Å². The van der Waals surface area contributed by atoms with Crippen LogP contribution in [0.15, 0.2) is 0 Å². The van der Waals surface area contributed by atoms with E-state index in [0.29, 0.717) is 17.3 Å². The molecule has 1 fully saturated rings. The third kappa shape index (κ3) is 2.35. The summed E-state index contributed by atoms with van der Waals surface area (Å²) < 4.78 is 0. The molecule has 0 aromatic carbocycles. The van der Waals surface area contributed by atoms with Crippen molar-refractivity contribution in [3.63, 3.8) is 0 Å². The van der Waals surface area contributed by atoms with Crippen LogP contribution in [0.1, 0.15) is 44.5 Å². The van der Waals surface area contributed by atoms with E-state index in [0.717, 1.165) is 17.2 Å². The first-order valence-corrected chi connectivity index (χ1v) is 6.27. The van der Waals surface area contributed by atoms with Crippen molar-refractivity contribution in [1.29, 1.82) is 0 Å². The lowest BCUT2D eigenvalue weighted by atomic mass is 9.87. The molecule has 4 nitrogen and oxygen atoms in total.